The molecule has 1 atom stereocenters. The van der Waals surface area contributed by atoms with Gasteiger partial charge in [-0.05, 0) is 30.4 Å². The van der Waals surface area contributed by atoms with Crippen molar-refractivity contribution in [2.45, 2.75) is 45.1 Å². The van der Waals surface area contributed by atoms with Crippen LogP contribution in [-0.4, -0.2) is 16.1 Å². The zero-order chi connectivity index (χ0) is 10.5. The summed E-state index contributed by atoms with van der Waals surface area (Å²) >= 11 is 1.53. The third-order valence-electron chi connectivity index (χ3n) is 3.22. The van der Waals surface area contributed by atoms with Crippen LogP contribution in [-0.2, 0) is 0 Å². The van der Waals surface area contributed by atoms with Crippen molar-refractivity contribution in [3.05, 3.63) is 11.1 Å². The number of rotatable bonds is 5. The molecule has 0 saturated heterocycles. The molecule has 1 saturated carbocycles. The number of hydrogen-bond acceptors (Lipinski definition) is 4. The SMILES string of the molecule is CCNC(CC1CCCC1)c1cnns1. The van der Waals surface area contributed by atoms with Crippen molar-refractivity contribution in [1.29, 1.82) is 0 Å². The number of nitrogens with zero attached hydrogens (tertiary/aromatic N) is 2. The Hall–Kier alpha value is -0.480. The Balaban J connectivity index is 1.93. The summed E-state index contributed by atoms with van der Waals surface area (Å²) in [5, 5.41) is 7.47. The van der Waals surface area contributed by atoms with Gasteiger partial charge in [0.15, 0.2) is 0 Å². The van der Waals surface area contributed by atoms with E-state index in [9.17, 15) is 0 Å². The maximum Gasteiger partial charge on any atom is 0.0669 e. The van der Waals surface area contributed by atoms with Gasteiger partial charge in [-0.15, -0.1) is 5.10 Å². The molecule has 0 amide bonds. The highest BCUT2D eigenvalue weighted by Crippen LogP contribution is 2.33. The number of nitrogens with one attached hydrogen (secondary N) is 1. The minimum Gasteiger partial charge on any atom is -0.309 e. The third-order valence-corrected chi connectivity index (χ3v) is 3.99. The molecule has 0 radical (unpaired) electrons. The first-order valence-corrected chi connectivity index (χ1v) is 6.68. The van der Waals surface area contributed by atoms with E-state index in [1.54, 1.807) is 0 Å². The van der Waals surface area contributed by atoms with Gasteiger partial charge in [-0.3, -0.25) is 0 Å². The van der Waals surface area contributed by atoms with Gasteiger partial charge in [0.2, 0.25) is 0 Å². The lowest BCUT2D eigenvalue weighted by atomic mass is 9.98. The maximum absolute atomic E-state index is 3.95. The van der Waals surface area contributed by atoms with Crippen molar-refractivity contribution in [3.63, 3.8) is 0 Å². The van der Waals surface area contributed by atoms with Gasteiger partial charge in [0, 0.05) is 6.04 Å². The van der Waals surface area contributed by atoms with E-state index in [1.165, 1.54) is 48.5 Å². The Bertz CT molecular complexity index is 267. The second kappa shape index (κ2) is 5.56. The van der Waals surface area contributed by atoms with Crippen molar-refractivity contribution in [3.8, 4) is 0 Å². The van der Waals surface area contributed by atoms with E-state index in [2.05, 4.69) is 21.8 Å². The fourth-order valence-corrected chi connectivity index (χ4v) is 3.04. The minimum absolute atomic E-state index is 0.484. The van der Waals surface area contributed by atoms with Gasteiger partial charge in [-0.2, -0.15) is 0 Å². The van der Waals surface area contributed by atoms with Gasteiger partial charge in [-0.25, -0.2) is 0 Å². The molecule has 1 N–H and O–H groups in total. The van der Waals surface area contributed by atoms with Crippen LogP contribution in [0.3, 0.4) is 0 Å². The Kier molecular flexibility index (Phi) is 4.09. The largest absolute Gasteiger partial charge is 0.309 e. The summed E-state index contributed by atoms with van der Waals surface area (Å²) in [5.74, 6) is 0.913. The van der Waals surface area contributed by atoms with Crippen LogP contribution in [0.4, 0.5) is 0 Å². The zero-order valence-electron chi connectivity index (χ0n) is 9.28. The highest BCUT2D eigenvalue weighted by Gasteiger charge is 2.21. The van der Waals surface area contributed by atoms with E-state index in [0.29, 0.717) is 6.04 Å². The van der Waals surface area contributed by atoms with Crippen LogP contribution in [0.5, 0.6) is 0 Å². The molecule has 0 spiro atoms. The Morgan fingerprint density at radius 2 is 2.33 bits per heavy atom. The van der Waals surface area contributed by atoms with Crippen molar-refractivity contribution in [2.24, 2.45) is 5.92 Å². The zero-order valence-corrected chi connectivity index (χ0v) is 10.1. The van der Waals surface area contributed by atoms with Crippen molar-refractivity contribution >= 4 is 11.5 Å². The van der Waals surface area contributed by atoms with E-state index >= 15 is 0 Å². The van der Waals surface area contributed by atoms with Crippen LogP contribution < -0.4 is 5.32 Å². The molecular formula is C11H19N3S. The number of aromatic nitrogens is 2. The van der Waals surface area contributed by atoms with Gasteiger partial charge < -0.3 is 5.32 Å². The smallest absolute Gasteiger partial charge is 0.0669 e. The molecule has 1 aliphatic carbocycles. The van der Waals surface area contributed by atoms with E-state index in [4.69, 9.17) is 0 Å². The summed E-state index contributed by atoms with van der Waals surface area (Å²) in [6, 6.07) is 0.484. The lowest BCUT2D eigenvalue weighted by Gasteiger charge is -2.19. The Morgan fingerprint density at radius 1 is 1.53 bits per heavy atom. The normalized spacial score (nSPS) is 19.5. The highest BCUT2D eigenvalue weighted by molar-refractivity contribution is 7.05. The first kappa shape index (κ1) is 11.0. The minimum atomic E-state index is 0.484. The molecule has 84 valence electrons. The quantitative estimate of drug-likeness (QED) is 0.837. The Morgan fingerprint density at radius 3 is 2.93 bits per heavy atom. The topological polar surface area (TPSA) is 37.8 Å². The molecule has 1 unspecified atom stereocenters. The average Bonchev–Trinajstić information content (AvgIpc) is 2.89. The summed E-state index contributed by atoms with van der Waals surface area (Å²) in [7, 11) is 0. The van der Waals surface area contributed by atoms with Crippen LogP contribution in [0.1, 0.15) is 49.9 Å². The van der Waals surface area contributed by atoms with E-state index in [0.717, 1.165) is 12.5 Å². The molecule has 1 heterocycles. The molecule has 1 fully saturated rings. The summed E-state index contributed by atoms with van der Waals surface area (Å²) in [5.41, 5.74) is 0. The van der Waals surface area contributed by atoms with E-state index in [1.807, 2.05) is 6.20 Å². The van der Waals surface area contributed by atoms with E-state index < -0.39 is 0 Å². The fraction of sp³-hybridized carbons (Fsp3) is 0.818. The molecule has 3 nitrogen and oxygen atoms in total. The second-order valence-corrected chi connectivity index (χ2v) is 5.13. The molecule has 4 heteroatoms. The van der Waals surface area contributed by atoms with Crippen LogP contribution in [0.2, 0.25) is 0 Å². The molecule has 0 aliphatic heterocycles. The van der Waals surface area contributed by atoms with Crippen LogP contribution in [0, 0.1) is 5.92 Å². The Labute approximate surface area is 95.4 Å². The van der Waals surface area contributed by atoms with Crippen LogP contribution in [0.15, 0.2) is 6.20 Å². The first-order chi connectivity index (χ1) is 7.40. The van der Waals surface area contributed by atoms with Gasteiger partial charge >= 0.3 is 0 Å². The van der Waals surface area contributed by atoms with Crippen LogP contribution >= 0.6 is 11.5 Å². The lowest BCUT2D eigenvalue weighted by molar-refractivity contribution is 0.404. The predicted octanol–water partition coefficient (Wildman–Crippen LogP) is 2.77. The van der Waals surface area contributed by atoms with E-state index in [-0.39, 0.29) is 0 Å². The third kappa shape index (κ3) is 2.98. The lowest BCUT2D eigenvalue weighted by Crippen LogP contribution is -2.22. The number of hydrogen-bond donors (Lipinski definition) is 1. The fourth-order valence-electron chi connectivity index (χ4n) is 2.45. The van der Waals surface area contributed by atoms with Gasteiger partial charge in [0.1, 0.15) is 0 Å². The average molecular weight is 225 g/mol. The standard InChI is InChI=1S/C11H19N3S/c1-2-12-10(11-8-13-14-15-11)7-9-5-3-4-6-9/h8-10,12H,2-7H2,1H3. The van der Waals surface area contributed by atoms with Crippen molar-refractivity contribution < 1.29 is 0 Å². The van der Waals surface area contributed by atoms with Crippen LogP contribution in [0.25, 0.3) is 0 Å². The summed E-state index contributed by atoms with van der Waals surface area (Å²) in [6.07, 6.45) is 8.84. The molecule has 0 aromatic carbocycles. The second-order valence-electron chi connectivity index (χ2n) is 4.32. The molecule has 2 rings (SSSR count). The van der Waals surface area contributed by atoms with Gasteiger partial charge in [0.05, 0.1) is 11.1 Å². The molecule has 0 bridgehead atoms. The van der Waals surface area contributed by atoms with Crippen molar-refractivity contribution in [2.75, 3.05) is 6.54 Å². The monoisotopic (exact) mass is 225 g/mol. The summed E-state index contributed by atoms with van der Waals surface area (Å²) < 4.78 is 3.95. The first-order valence-electron chi connectivity index (χ1n) is 5.90. The highest BCUT2D eigenvalue weighted by atomic mass is 32.1. The molecular weight excluding hydrogens is 206 g/mol. The predicted molar refractivity (Wildman–Crippen MR) is 62.9 cm³/mol. The van der Waals surface area contributed by atoms with Gasteiger partial charge in [0.25, 0.3) is 0 Å². The van der Waals surface area contributed by atoms with Crippen molar-refractivity contribution in [1.82, 2.24) is 14.9 Å². The summed E-state index contributed by atoms with van der Waals surface area (Å²) in [4.78, 5) is 1.30. The summed E-state index contributed by atoms with van der Waals surface area (Å²) in [6.45, 7) is 3.19. The maximum atomic E-state index is 3.95. The molecule has 1 aromatic heterocycles. The molecule has 1 aromatic rings. The molecule has 1 aliphatic rings. The van der Waals surface area contributed by atoms with Gasteiger partial charge in [-0.1, -0.05) is 37.1 Å². The molecule has 15 heavy (non-hydrogen) atoms.